The summed E-state index contributed by atoms with van der Waals surface area (Å²) in [6, 6.07) is 7.65. The smallest absolute Gasteiger partial charge is 0.308 e. The van der Waals surface area contributed by atoms with E-state index in [0.717, 1.165) is 22.9 Å². The molecule has 2 N–H and O–H groups in total. The van der Waals surface area contributed by atoms with Gasteiger partial charge in [-0.1, -0.05) is 34.5 Å². The number of hydrogen-bond acceptors (Lipinski definition) is 2. The van der Waals surface area contributed by atoms with Gasteiger partial charge in [0, 0.05) is 16.9 Å². The van der Waals surface area contributed by atoms with Crippen LogP contribution in [0.1, 0.15) is 31.2 Å². The molecule has 1 fully saturated rings. The number of carboxylic acid groups (broad SMARTS) is 1. The Balaban J connectivity index is 1.80. The van der Waals surface area contributed by atoms with E-state index in [2.05, 4.69) is 21.2 Å². The zero-order chi connectivity index (χ0) is 14.5. The molecule has 5 heteroatoms. The predicted molar refractivity (Wildman–Crippen MR) is 79.4 cm³/mol. The number of nitrogens with one attached hydrogen (secondary N) is 1. The van der Waals surface area contributed by atoms with Gasteiger partial charge < -0.3 is 10.4 Å². The first-order valence-electron chi connectivity index (χ1n) is 6.83. The van der Waals surface area contributed by atoms with Crippen molar-refractivity contribution in [2.24, 2.45) is 5.92 Å². The van der Waals surface area contributed by atoms with Gasteiger partial charge in [0.2, 0.25) is 5.91 Å². The summed E-state index contributed by atoms with van der Waals surface area (Å²) >= 11 is 3.37. The van der Waals surface area contributed by atoms with Crippen molar-refractivity contribution < 1.29 is 14.7 Å². The van der Waals surface area contributed by atoms with Gasteiger partial charge in [0.25, 0.3) is 0 Å². The lowest BCUT2D eigenvalue weighted by Gasteiger charge is -2.17. The van der Waals surface area contributed by atoms with Crippen molar-refractivity contribution in [1.82, 2.24) is 5.32 Å². The fraction of sp³-hybridized carbons (Fsp3) is 0.467. The Bertz CT molecular complexity index is 486. The van der Waals surface area contributed by atoms with E-state index >= 15 is 0 Å². The van der Waals surface area contributed by atoms with Crippen LogP contribution in [0.25, 0.3) is 0 Å². The molecule has 0 bridgehead atoms. The second kappa shape index (κ2) is 6.88. The van der Waals surface area contributed by atoms with Crippen LogP contribution in [0.4, 0.5) is 0 Å². The summed E-state index contributed by atoms with van der Waals surface area (Å²) in [4.78, 5) is 22.9. The Labute approximate surface area is 126 Å². The summed E-state index contributed by atoms with van der Waals surface area (Å²) in [5.74, 6) is -1.29. The monoisotopic (exact) mass is 339 g/mol. The number of rotatable bonds is 5. The average Bonchev–Trinajstić information content (AvgIpc) is 2.86. The molecular formula is C15H18BrNO3. The zero-order valence-electron chi connectivity index (χ0n) is 11.1. The van der Waals surface area contributed by atoms with Gasteiger partial charge in [-0.15, -0.1) is 0 Å². The molecule has 0 radical (unpaired) electrons. The average molecular weight is 340 g/mol. The van der Waals surface area contributed by atoms with Crippen LogP contribution < -0.4 is 5.32 Å². The normalized spacial score (nSPS) is 21.6. The molecule has 0 heterocycles. The number of aryl methyl sites for hydroxylation is 1. The lowest BCUT2D eigenvalue weighted by molar-refractivity contribution is -0.142. The first kappa shape index (κ1) is 15.0. The summed E-state index contributed by atoms with van der Waals surface area (Å²) in [6.07, 6.45) is 3.36. The molecule has 4 nitrogen and oxygen atoms in total. The molecule has 2 atom stereocenters. The van der Waals surface area contributed by atoms with E-state index in [-0.39, 0.29) is 11.9 Å². The molecule has 1 amide bonds. The molecule has 20 heavy (non-hydrogen) atoms. The van der Waals surface area contributed by atoms with Gasteiger partial charge in [-0.3, -0.25) is 9.59 Å². The molecule has 0 aromatic heterocycles. The first-order valence-corrected chi connectivity index (χ1v) is 7.62. The van der Waals surface area contributed by atoms with Crippen molar-refractivity contribution in [1.29, 1.82) is 0 Å². The second-order valence-electron chi connectivity index (χ2n) is 5.18. The van der Waals surface area contributed by atoms with Crippen LogP contribution in [0.3, 0.4) is 0 Å². The number of carboxylic acids is 1. The van der Waals surface area contributed by atoms with Crippen LogP contribution in [0.5, 0.6) is 0 Å². The number of hydrogen-bond donors (Lipinski definition) is 2. The number of benzene rings is 1. The van der Waals surface area contributed by atoms with Crippen molar-refractivity contribution in [2.75, 3.05) is 0 Å². The standard InChI is InChI=1S/C15H18BrNO3/c16-11-7-4-10(5-8-11)6-9-14(18)17-13-3-1-2-12(13)15(19)20/h4-5,7-8,12-13H,1-3,6,9H2,(H,17,18)(H,19,20)/t12-,13-/m1/s1. The van der Waals surface area contributed by atoms with E-state index in [1.54, 1.807) is 0 Å². The summed E-state index contributed by atoms with van der Waals surface area (Å²) in [7, 11) is 0. The van der Waals surface area contributed by atoms with Crippen LogP contribution in [-0.4, -0.2) is 23.0 Å². The molecule has 2 rings (SSSR count). The highest BCUT2D eigenvalue weighted by molar-refractivity contribution is 9.10. The maximum absolute atomic E-state index is 11.9. The number of amides is 1. The van der Waals surface area contributed by atoms with Crippen LogP contribution >= 0.6 is 15.9 Å². The van der Waals surface area contributed by atoms with E-state index in [1.807, 2.05) is 24.3 Å². The highest BCUT2D eigenvalue weighted by Gasteiger charge is 2.33. The highest BCUT2D eigenvalue weighted by atomic mass is 79.9. The lowest BCUT2D eigenvalue weighted by atomic mass is 10.0. The molecule has 1 saturated carbocycles. The van der Waals surface area contributed by atoms with Crippen molar-refractivity contribution >= 4 is 27.8 Å². The van der Waals surface area contributed by atoms with Crippen molar-refractivity contribution in [3.8, 4) is 0 Å². The van der Waals surface area contributed by atoms with Gasteiger partial charge in [-0.05, 0) is 37.0 Å². The second-order valence-corrected chi connectivity index (χ2v) is 6.09. The van der Waals surface area contributed by atoms with E-state index in [1.165, 1.54) is 0 Å². The largest absolute Gasteiger partial charge is 0.481 e. The third kappa shape index (κ3) is 4.07. The van der Waals surface area contributed by atoms with Gasteiger partial charge in [-0.25, -0.2) is 0 Å². The fourth-order valence-corrected chi connectivity index (χ4v) is 2.88. The summed E-state index contributed by atoms with van der Waals surface area (Å²) in [5, 5.41) is 11.9. The third-order valence-electron chi connectivity index (χ3n) is 3.73. The van der Waals surface area contributed by atoms with E-state index < -0.39 is 11.9 Å². The zero-order valence-corrected chi connectivity index (χ0v) is 12.7. The SMILES string of the molecule is O=C(CCc1ccc(Br)cc1)N[C@@H]1CCC[C@H]1C(=O)O. The van der Waals surface area contributed by atoms with Crippen LogP contribution in [0.2, 0.25) is 0 Å². The van der Waals surface area contributed by atoms with E-state index in [0.29, 0.717) is 19.3 Å². The summed E-state index contributed by atoms with van der Waals surface area (Å²) < 4.78 is 1.01. The number of aliphatic carboxylic acids is 1. The van der Waals surface area contributed by atoms with Gasteiger partial charge >= 0.3 is 5.97 Å². The Kier molecular flexibility index (Phi) is 5.17. The minimum Gasteiger partial charge on any atom is -0.481 e. The predicted octanol–water partition coefficient (Wildman–Crippen LogP) is 2.75. The maximum Gasteiger partial charge on any atom is 0.308 e. The van der Waals surface area contributed by atoms with Gasteiger partial charge in [-0.2, -0.15) is 0 Å². The summed E-state index contributed by atoms with van der Waals surface area (Å²) in [6.45, 7) is 0. The number of carbonyl (C=O) groups excluding carboxylic acids is 1. The minimum absolute atomic E-state index is 0.0638. The number of halogens is 1. The Morgan fingerprint density at radius 3 is 2.60 bits per heavy atom. The van der Waals surface area contributed by atoms with Gasteiger partial charge in [0.1, 0.15) is 0 Å². The molecule has 0 spiro atoms. The lowest BCUT2D eigenvalue weighted by Crippen LogP contribution is -2.40. The van der Waals surface area contributed by atoms with E-state index in [9.17, 15) is 9.59 Å². The molecule has 1 aromatic rings. The molecule has 0 unspecified atom stereocenters. The highest BCUT2D eigenvalue weighted by Crippen LogP contribution is 2.25. The Morgan fingerprint density at radius 1 is 1.25 bits per heavy atom. The Hall–Kier alpha value is -1.36. The first-order chi connectivity index (χ1) is 9.56. The van der Waals surface area contributed by atoms with Crippen LogP contribution in [0.15, 0.2) is 28.7 Å². The number of carbonyl (C=O) groups is 2. The quantitative estimate of drug-likeness (QED) is 0.866. The molecule has 1 aromatic carbocycles. The van der Waals surface area contributed by atoms with Gasteiger partial charge in [0.05, 0.1) is 5.92 Å². The minimum atomic E-state index is -0.805. The molecule has 0 aliphatic heterocycles. The molecule has 1 aliphatic carbocycles. The fourth-order valence-electron chi connectivity index (χ4n) is 2.62. The molecular weight excluding hydrogens is 322 g/mol. The topological polar surface area (TPSA) is 66.4 Å². The Morgan fingerprint density at radius 2 is 1.95 bits per heavy atom. The maximum atomic E-state index is 11.9. The van der Waals surface area contributed by atoms with Crippen LogP contribution in [-0.2, 0) is 16.0 Å². The summed E-state index contributed by atoms with van der Waals surface area (Å²) in [5.41, 5.74) is 1.10. The van der Waals surface area contributed by atoms with Crippen molar-refractivity contribution in [3.05, 3.63) is 34.3 Å². The van der Waals surface area contributed by atoms with Crippen molar-refractivity contribution in [2.45, 2.75) is 38.1 Å². The molecule has 0 saturated heterocycles. The van der Waals surface area contributed by atoms with Crippen molar-refractivity contribution in [3.63, 3.8) is 0 Å². The van der Waals surface area contributed by atoms with E-state index in [4.69, 9.17) is 5.11 Å². The molecule has 108 valence electrons. The van der Waals surface area contributed by atoms with Gasteiger partial charge in [0.15, 0.2) is 0 Å². The molecule has 1 aliphatic rings. The van der Waals surface area contributed by atoms with Crippen LogP contribution in [0, 0.1) is 5.92 Å². The third-order valence-corrected chi connectivity index (χ3v) is 4.26.